The number of ether oxygens (including phenoxy) is 1. The maximum Gasteiger partial charge on any atom is 0.413 e. The highest BCUT2D eigenvalue weighted by molar-refractivity contribution is 5.88. The number of carbonyl (C=O) groups is 2. The molecule has 0 aliphatic rings. The number of hydrogen-bond donors (Lipinski definition) is 2. The molecule has 1 heterocycles. The first-order valence-electron chi connectivity index (χ1n) is 7.57. The predicted molar refractivity (Wildman–Crippen MR) is 92.9 cm³/mol. The zero-order chi connectivity index (χ0) is 17.7. The van der Waals surface area contributed by atoms with Crippen molar-refractivity contribution < 1.29 is 14.3 Å². The lowest BCUT2D eigenvalue weighted by molar-refractivity contribution is -0.114. The summed E-state index contributed by atoms with van der Waals surface area (Å²) in [6, 6.07) is 10.7. The van der Waals surface area contributed by atoms with Crippen molar-refractivity contribution in [2.45, 2.75) is 33.2 Å². The zero-order valence-corrected chi connectivity index (χ0v) is 14.2. The third-order valence-electron chi connectivity index (χ3n) is 2.94. The highest BCUT2D eigenvalue weighted by Crippen LogP contribution is 2.24. The molecule has 0 unspecified atom stereocenters. The van der Waals surface area contributed by atoms with Crippen LogP contribution in [0.5, 0.6) is 5.75 Å². The van der Waals surface area contributed by atoms with Crippen LogP contribution in [0.1, 0.15) is 27.7 Å². The van der Waals surface area contributed by atoms with Crippen LogP contribution in [0, 0.1) is 0 Å². The van der Waals surface area contributed by atoms with Gasteiger partial charge in [0.2, 0.25) is 5.91 Å². The molecular weight excluding hydrogens is 306 g/mol. The fourth-order valence-corrected chi connectivity index (χ4v) is 2.01. The summed E-state index contributed by atoms with van der Waals surface area (Å²) in [4.78, 5) is 26.9. The van der Waals surface area contributed by atoms with E-state index in [9.17, 15) is 9.59 Å². The van der Waals surface area contributed by atoms with Gasteiger partial charge in [-0.15, -0.1) is 0 Å². The van der Waals surface area contributed by atoms with Gasteiger partial charge >= 0.3 is 6.09 Å². The summed E-state index contributed by atoms with van der Waals surface area (Å²) in [5, 5.41) is 5.38. The lowest BCUT2D eigenvalue weighted by atomic mass is 10.1. The van der Waals surface area contributed by atoms with Crippen molar-refractivity contribution in [1.29, 1.82) is 0 Å². The van der Waals surface area contributed by atoms with Crippen LogP contribution in [-0.2, 0) is 4.79 Å². The van der Waals surface area contributed by atoms with Crippen LogP contribution in [0.3, 0.4) is 0 Å². The van der Waals surface area contributed by atoms with E-state index in [-0.39, 0.29) is 11.4 Å². The van der Waals surface area contributed by atoms with E-state index < -0.39 is 6.09 Å². The van der Waals surface area contributed by atoms with Crippen molar-refractivity contribution >= 4 is 17.8 Å². The topological polar surface area (TPSA) is 80.3 Å². The van der Waals surface area contributed by atoms with E-state index in [1.165, 1.54) is 6.92 Å². The SMILES string of the molecule is CC(=O)Nc1cc(-c2ccc(OC(=O)NC(C)(C)C)cc2)ccn1. The number of nitrogens with one attached hydrogen (secondary N) is 2. The number of benzene rings is 1. The number of pyridine rings is 1. The van der Waals surface area contributed by atoms with Crippen molar-refractivity contribution in [3.63, 3.8) is 0 Å². The zero-order valence-electron chi connectivity index (χ0n) is 14.2. The van der Waals surface area contributed by atoms with E-state index in [4.69, 9.17) is 4.74 Å². The maximum absolute atomic E-state index is 11.7. The number of carbonyl (C=O) groups excluding carboxylic acids is 2. The molecule has 0 saturated carbocycles. The summed E-state index contributed by atoms with van der Waals surface area (Å²) in [7, 11) is 0. The van der Waals surface area contributed by atoms with Crippen LogP contribution in [0.2, 0.25) is 0 Å². The van der Waals surface area contributed by atoms with E-state index in [1.807, 2.05) is 39.0 Å². The first-order valence-corrected chi connectivity index (χ1v) is 7.57. The van der Waals surface area contributed by atoms with E-state index in [0.29, 0.717) is 11.6 Å². The smallest absolute Gasteiger partial charge is 0.410 e. The third kappa shape index (κ3) is 5.39. The van der Waals surface area contributed by atoms with Crippen molar-refractivity contribution in [1.82, 2.24) is 10.3 Å². The minimum Gasteiger partial charge on any atom is -0.410 e. The second kappa shape index (κ2) is 7.12. The number of hydrogen-bond acceptors (Lipinski definition) is 4. The summed E-state index contributed by atoms with van der Waals surface area (Å²) < 4.78 is 5.24. The summed E-state index contributed by atoms with van der Waals surface area (Å²) in [5.74, 6) is 0.773. The molecule has 24 heavy (non-hydrogen) atoms. The quantitative estimate of drug-likeness (QED) is 0.902. The average molecular weight is 327 g/mol. The van der Waals surface area contributed by atoms with Crippen molar-refractivity contribution in [3.05, 3.63) is 42.6 Å². The normalized spacial score (nSPS) is 10.8. The molecule has 0 bridgehead atoms. The van der Waals surface area contributed by atoms with Crippen LogP contribution in [0.15, 0.2) is 42.6 Å². The number of rotatable bonds is 3. The largest absolute Gasteiger partial charge is 0.413 e. The molecule has 0 atom stereocenters. The fraction of sp³-hybridized carbons (Fsp3) is 0.278. The first-order chi connectivity index (χ1) is 11.2. The van der Waals surface area contributed by atoms with Gasteiger partial charge in [0.1, 0.15) is 11.6 Å². The van der Waals surface area contributed by atoms with Gasteiger partial charge in [0.05, 0.1) is 0 Å². The minimum atomic E-state index is -0.493. The summed E-state index contributed by atoms with van der Waals surface area (Å²) >= 11 is 0. The second-order valence-electron chi connectivity index (χ2n) is 6.40. The molecule has 2 aromatic rings. The molecule has 0 saturated heterocycles. The Balaban J connectivity index is 2.09. The Kier molecular flexibility index (Phi) is 5.18. The second-order valence-corrected chi connectivity index (χ2v) is 6.40. The number of amides is 2. The van der Waals surface area contributed by atoms with E-state index in [2.05, 4.69) is 15.6 Å². The lowest BCUT2D eigenvalue weighted by Crippen LogP contribution is -2.42. The minimum absolute atomic E-state index is 0.173. The van der Waals surface area contributed by atoms with Gasteiger partial charge in [-0.3, -0.25) is 4.79 Å². The van der Waals surface area contributed by atoms with E-state index in [0.717, 1.165) is 11.1 Å². The molecule has 6 heteroatoms. The lowest BCUT2D eigenvalue weighted by Gasteiger charge is -2.19. The van der Waals surface area contributed by atoms with E-state index >= 15 is 0 Å². The fourth-order valence-electron chi connectivity index (χ4n) is 2.01. The van der Waals surface area contributed by atoms with Gasteiger partial charge < -0.3 is 15.4 Å². The van der Waals surface area contributed by atoms with E-state index in [1.54, 1.807) is 24.4 Å². The van der Waals surface area contributed by atoms with Gasteiger partial charge in [-0.05, 0) is 56.2 Å². The van der Waals surface area contributed by atoms with Gasteiger partial charge in [0.15, 0.2) is 0 Å². The van der Waals surface area contributed by atoms with Gasteiger partial charge in [0.25, 0.3) is 0 Å². The Morgan fingerprint density at radius 3 is 2.29 bits per heavy atom. The predicted octanol–water partition coefficient (Wildman–Crippen LogP) is 3.59. The van der Waals surface area contributed by atoms with Crippen molar-refractivity contribution in [3.8, 4) is 16.9 Å². The Bertz CT molecular complexity index is 734. The van der Waals surface area contributed by atoms with Gasteiger partial charge in [-0.25, -0.2) is 9.78 Å². The molecule has 2 rings (SSSR count). The van der Waals surface area contributed by atoms with Crippen molar-refractivity contribution in [2.24, 2.45) is 0 Å². The molecule has 1 aromatic heterocycles. The molecule has 1 aromatic carbocycles. The Morgan fingerprint density at radius 1 is 1.04 bits per heavy atom. The Hall–Kier alpha value is -2.89. The van der Waals surface area contributed by atoms with Crippen LogP contribution < -0.4 is 15.4 Å². The molecule has 0 fully saturated rings. The summed E-state index contributed by atoms with van der Waals surface area (Å²) in [6.07, 6.45) is 1.13. The monoisotopic (exact) mass is 327 g/mol. The standard InChI is InChI=1S/C18H21N3O3/c1-12(22)20-16-11-14(9-10-19-16)13-5-7-15(8-6-13)24-17(23)21-18(2,3)4/h5-11H,1-4H3,(H,21,23)(H,19,20,22). The molecule has 0 aliphatic heterocycles. The number of nitrogens with zero attached hydrogens (tertiary/aromatic N) is 1. The highest BCUT2D eigenvalue weighted by atomic mass is 16.6. The summed E-state index contributed by atoms with van der Waals surface area (Å²) in [5.41, 5.74) is 1.47. The summed E-state index contributed by atoms with van der Waals surface area (Å²) in [6.45, 7) is 7.08. The molecule has 0 radical (unpaired) electrons. The molecule has 0 spiro atoms. The molecule has 2 amide bonds. The van der Waals surface area contributed by atoms with Gasteiger partial charge in [-0.2, -0.15) is 0 Å². The third-order valence-corrected chi connectivity index (χ3v) is 2.94. The van der Waals surface area contributed by atoms with Crippen LogP contribution in [0.25, 0.3) is 11.1 Å². The van der Waals surface area contributed by atoms with Crippen LogP contribution in [-0.4, -0.2) is 22.5 Å². The highest BCUT2D eigenvalue weighted by Gasteiger charge is 2.15. The van der Waals surface area contributed by atoms with Crippen molar-refractivity contribution in [2.75, 3.05) is 5.32 Å². The molecule has 126 valence electrons. The Morgan fingerprint density at radius 2 is 1.71 bits per heavy atom. The average Bonchev–Trinajstić information content (AvgIpc) is 2.45. The van der Waals surface area contributed by atoms with Gasteiger partial charge in [-0.1, -0.05) is 12.1 Å². The number of aromatic nitrogens is 1. The number of anilines is 1. The molecule has 0 aliphatic carbocycles. The Labute approximate surface area is 141 Å². The first kappa shape index (κ1) is 17.5. The molecular formula is C18H21N3O3. The van der Waals surface area contributed by atoms with Gasteiger partial charge in [0, 0.05) is 18.7 Å². The van der Waals surface area contributed by atoms with Crippen LogP contribution >= 0.6 is 0 Å². The van der Waals surface area contributed by atoms with Crippen LogP contribution in [0.4, 0.5) is 10.6 Å². The molecule has 2 N–H and O–H groups in total. The molecule has 6 nitrogen and oxygen atoms in total. The maximum atomic E-state index is 11.7.